The summed E-state index contributed by atoms with van der Waals surface area (Å²) in [7, 11) is -4.33. The number of carbonyl (C=O) groups is 1. The standard InChI is InChI=1S/C35H46N2O5S/c1-7-21-36-29-19-17-25(2)23-27(29)34(3,4)31(36)14-13-15-32-35(5,6)28-24-26(43(40,41)42)18-20-30(28)37(32)22-12-10-8-9-11-16-33(38)39/h13-15,17-20,23-24H,7-12,16,21-22H2,1-6H3,(H-,38,39,40,41,42)/p+1. The van der Waals surface area contributed by atoms with Gasteiger partial charge >= 0.3 is 5.97 Å². The molecule has 0 atom stereocenters. The Kier molecular flexibility index (Phi) is 9.72. The molecule has 0 spiro atoms. The van der Waals surface area contributed by atoms with Gasteiger partial charge in [0, 0.05) is 53.9 Å². The molecule has 0 amide bonds. The first-order valence-electron chi connectivity index (χ1n) is 15.5. The molecule has 7 nitrogen and oxygen atoms in total. The minimum absolute atomic E-state index is 0.0963. The zero-order valence-corrected chi connectivity index (χ0v) is 27.3. The second-order valence-corrected chi connectivity index (χ2v) is 14.4. The van der Waals surface area contributed by atoms with E-state index in [9.17, 15) is 17.8 Å². The molecule has 232 valence electrons. The number of allylic oxidation sites excluding steroid dienone is 4. The quantitative estimate of drug-likeness (QED) is 0.138. The maximum Gasteiger partial charge on any atom is 0.303 e. The van der Waals surface area contributed by atoms with Crippen LogP contribution in [0, 0.1) is 6.92 Å². The van der Waals surface area contributed by atoms with E-state index in [-0.39, 0.29) is 16.7 Å². The topological polar surface area (TPSA) is 97.9 Å². The number of aliphatic carboxylic acids is 1. The fraction of sp³-hybridized carbons (Fsp3) is 0.486. The van der Waals surface area contributed by atoms with Crippen LogP contribution in [-0.4, -0.2) is 47.4 Å². The van der Waals surface area contributed by atoms with Gasteiger partial charge in [-0.05, 0) is 69.5 Å². The lowest BCUT2D eigenvalue weighted by molar-refractivity contribution is -0.437. The third kappa shape index (κ3) is 6.80. The summed E-state index contributed by atoms with van der Waals surface area (Å²) in [5.74, 6) is -0.751. The molecular weight excluding hydrogens is 560 g/mol. The van der Waals surface area contributed by atoms with Crippen molar-refractivity contribution in [2.75, 3.05) is 18.0 Å². The van der Waals surface area contributed by atoms with Crippen molar-refractivity contribution in [1.82, 2.24) is 0 Å². The van der Waals surface area contributed by atoms with E-state index in [1.54, 1.807) is 12.1 Å². The second kappa shape index (κ2) is 12.8. The van der Waals surface area contributed by atoms with Gasteiger partial charge < -0.3 is 10.0 Å². The summed E-state index contributed by atoms with van der Waals surface area (Å²) in [6, 6.07) is 11.6. The fourth-order valence-electron chi connectivity index (χ4n) is 6.62. The highest BCUT2D eigenvalue weighted by Crippen LogP contribution is 2.49. The third-order valence-corrected chi connectivity index (χ3v) is 9.79. The normalized spacial score (nSPS) is 18.1. The minimum atomic E-state index is -4.33. The molecule has 2 N–H and O–H groups in total. The van der Waals surface area contributed by atoms with Gasteiger partial charge in [0.05, 0.1) is 10.3 Å². The zero-order chi connectivity index (χ0) is 31.6. The molecule has 0 radical (unpaired) electrons. The maximum atomic E-state index is 12.0. The van der Waals surface area contributed by atoms with E-state index in [1.165, 1.54) is 28.6 Å². The smallest absolute Gasteiger partial charge is 0.303 e. The molecule has 2 heterocycles. The summed E-state index contributed by atoms with van der Waals surface area (Å²) in [6.45, 7) is 14.8. The molecule has 0 aromatic heterocycles. The summed E-state index contributed by atoms with van der Waals surface area (Å²) in [5.41, 5.74) is 7.37. The molecule has 0 saturated heterocycles. The summed E-state index contributed by atoms with van der Waals surface area (Å²) in [5, 5.41) is 8.89. The predicted molar refractivity (Wildman–Crippen MR) is 173 cm³/mol. The van der Waals surface area contributed by atoms with Crippen molar-refractivity contribution < 1.29 is 27.4 Å². The molecule has 4 rings (SSSR count). The van der Waals surface area contributed by atoms with E-state index in [0.29, 0.717) is 6.42 Å². The van der Waals surface area contributed by atoms with Gasteiger partial charge in [0.15, 0.2) is 5.71 Å². The van der Waals surface area contributed by atoms with Crippen LogP contribution >= 0.6 is 0 Å². The molecule has 0 aliphatic carbocycles. The van der Waals surface area contributed by atoms with Gasteiger partial charge in [-0.1, -0.05) is 57.7 Å². The van der Waals surface area contributed by atoms with Crippen molar-refractivity contribution in [3.63, 3.8) is 0 Å². The van der Waals surface area contributed by atoms with Crippen molar-refractivity contribution >= 4 is 33.2 Å². The average Bonchev–Trinajstić information content (AvgIpc) is 3.26. The van der Waals surface area contributed by atoms with Crippen molar-refractivity contribution in [3.05, 3.63) is 77.0 Å². The molecule has 2 aromatic carbocycles. The van der Waals surface area contributed by atoms with E-state index in [2.05, 4.69) is 87.4 Å². The number of aryl methyl sites for hydroxylation is 1. The van der Waals surface area contributed by atoms with Crippen molar-refractivity contribution in [2.24, 2.45) is 0 Å². The number of benzene rings is 2. The molecule has 8 heteroatoms. The highest BCUT2D eigenvalue weighted by Gasteiger charge is 2.44. The van der Waals surface area contributed by atoms with Crippen LogP contribution < -0.4 is 4.90 Å². The Labute approximate surface area is 257 Å². The van der Waals surface area contributed by atoms with E-state index < -0.39 is 21.5 Å². The van der Waals surface area contributed by atoms with Crippen molar-refractivity contribution in [3.8, 4) is 0 Å². The van der Waals surface area contributed by atoms with Crippen LogP contribution in [0.3, 0.4) is 0 Å². The van der Waals surface area contributed by atoms with Crippen LogP contribution in [0.5, 0.6) is 0 Å². The largest absolute Gasteiger partial charge is 0.481 e. The highest BCUT2D eigenvalue weighted by molar-refractivity contribution is 7.85. The van der Waals surface area contributed by atoms with Crippen molar-refractivity contribution in [2.45, 2.75) is 102 Å². The fourth-order valence-corrected chi connectivity index (χ4v) is 7.12. The maximum absolute atomic E-state index is 12.0. The molecule has 2 aromatic rings. The molecule has 43 heavy (non-hydrogen) atoms. The lowest BCUT2D eigenvalue weighted by Gasteiger charge is -2.27. The van der Waals surface area contributed by atoms with Crippen molar-refractivity contribution in [1.29, 1.82) is 0 Å². The van der Waals surface area contributed by atoms with Gasteiger partial charge in [0.2, 0.25) is 5.69 Å². The van der Waals surface area contributed by atoms with Crippen LogP contribution in [0.15, 0.2) is 65.2 Å². The Hall–Kier alpha value is -3.23. The highest BCUT2D eigenvalue weighted by atomic mass is 32.2. The van der Waals surface area contributed by atoms with E-state index in [0.717, 1.165) is 62.1 Å². The first-order valence-corrected chi connectivity index (χ1v) is 16.9. The zero-order valence-electron chi connectivity index (χ0n) is 26.5. The summed E-state index contributed by atoms with van der Waals surface area (Å²) < 4.78 is 36.2. The molecule has 2 aliphatic rings. The summed E-state index contributed by atoms with van der Waals surface area (Å²) in [6.07, 6.45) is 12.2. The second-order valence-electron chi connectivity index (χ2n) is 12.9. The SMILES string of the molecule is CCC[N+]1=C(/C=C/C=C2/N(CCCCCCCC(=O)O)c3ccc(S(=O)(=O)O)cc3C2(C)C)C(C)(C)c2cc(C)ccc21. The average molecular weight is 608 g/mol. The Balaban J connectivity index is 1.67. The lowest BCUT2D eigenvalue weighted by atomic mass is 9.80. The molecule has 0 unspecified atom stereocenters. The number of rotatable bonds is 13. The van der Waals surface area contributed by atoms with Crippen LogP contribution in [0.2, 0.25) is 0 Å². The van der Waals surface area contributed by atoms with Gasteiger partial charge in [-0.3, -0.25) is 9.35 Å². The van der Waals surface area contributed by atoms with E-state index in [4.69, 9.17) is 5.11 Å². The molecule has 0 saturated carbocycles. The van der Waals surface area contributed by atoms with E-state index in [1.807, 2.05) is 0 Å². The summed E-state index contributed by atoms with van der Waals surface area (Å²) >= 11 is 0. The lowest BCUT2D eigenvalue weighted by Crippen LogP contribution is -2.28. The molecule has 2 aliphatic heterocycles. The Morgan fingerprint density at radius 3 is 2.33 bits per heavy atom. The van der Waals surface area contributed by atoms with Crippen LogP contribution in [0.1, 0.15) is 96.3 Å². The monoisotopic (exact) mass is 607 g/mol. The number of carboxylic acid groups (broad SMARTS) is 1. The van der Waals surface area contributed by atoms with Gasteiger partial charge in [-0.25, -0.2) is 0 Å². The van der Waals surface area contributed by atoms with Gasteiger partial charge in [-0.2, -0.15) is 13.0 Å². The van der Waals surface area contributed by atoms with Gasteiger partial charge in [0.1, 0.15) is 6.54 Å². The van der Waals surface area contributed by atoms with Crippen LogP contribution in [0.4, 0.5) is 11.4 Å². The molecular formula is C35H47N2O5S+. The van der Waals surface area contributed by atoms with Crippen LogP contribution in [0.25, 0.3) is 0 Å². The minimum Gasteiger partial charge on any atom is -0.481 e. The number of unbranched alkanes of at least 4 members (excludes halogenated alkanes) is 4. The van der Waals surface area contributed by atoms with E-state index >= 15 is 0 Å². The predicted octanol–water partition coefficient (Wildman–Crippen LogP) is 7.69. The molecule has 0 bridgehead atoms. The van der Waals surface area contributed by atoms with Crippen LogP contribution in [-0.2, 0) is 25.7 Å². The number of hydrogen-bond acceptors (Lipinski definition) is 4. The Bertz CT molecular complexity index is 1580. The summed E-state index contributed by atoms with van der Waals surface area (Å²) in [4.78, 5) is 13.0. The Morgan fingerprint density at radius 1 is 0.953 bits per heavy atom. The first kappa shape index (κ1) is 32.7. The number of nitrogens with zero attached hydrogens (tertiary/aromatic N) is 2. The van der Waals surface area contributed by atoms with Gasteiger partial charge in [0.25, 0.3) is 10.1 Å². The Morgan fingerprint density at radius 2 is 1.65 bits per heavy atom. The number of carboxylic acids is 1. The third-order valence-electron chi connectivity index (χ3n) is 8.94. The number of fused-ring (bicyclic) bond motifs is 2. The molecule has 0 fully saturated rings. The first-order chi connectivity index (χ1) is 20.2. The van der Waals surface area contributed by atoms with Gasteiger partial charge in [-0.15, -0.1) is 0 Å². The number of anilines is 1. The number of hydrogen-bond donors (Lipinski definition) is 2.